The van der Waals surface area contributed by atoms with Gasteiger partial charge in [0, 0.05) is 18.9 Å². The molecular formula is C24H25NO4S. The highest BCUT2D eigenvalue weighted by Gasteiger charge is 2.55. The highest BCUT2D eigenvalue weighted by atomic mass is 32.2. The first-order valence-electron chi connectivity index (χ1n) is 10.4. The van der Waals surface area contributed by atoms with Crippen molar-refractivity contribution in [3.8, 4) is 5.75 Å². The van der Waals surface area contributed by atoms with Crippen molar-refractivity contribution >= 4 is 21.6 Å². The van der Waals surface area contributed by atoms with Gasteiger partial charge in [-0.3, -0.25) is 4.79 Å². The van der Waals surface area contributed by atoms with Crippen molar-refractivity contribution in [1.29, 1.82) is 0 Å². The number of rotatable bonds is 3. The first-order valence-corrected chi connectivity index (χ1v) is 11.8. The minimum absolute atomic E-state index is 0.0578. The summed E-state index contributed by atoms with van der Waals surface area (Å²) >= 11 is 0. The fourth-order valence-electron chi connectivity index (χ4n) is 5.53. The molecule has 1 aliphatic heterocycles. The molecule has 2 aromatic rings. The SMILES string of the molecule is Cc1ccc(S(=O)(=O)Oc2ccc3c(c2)[C@@H]2N(C)C(=O)CC[C@@]24CCCC=C34)cc1. The highest BCUT2D eigenvalue weighted by Crippen LogP contribution is 2.64. The van der Waals surface area contributed by atoms with Gasteiger partial charge in [0.25, 0.3) is 0 Å². The molecule has 5 nitrogen and oxygen atoms in total. The Labute approximate surface area is 177 Å². The van der Waals surface area contributed by atoms with E-state index in [1.165, 1.54) is 5.57 Å². The summed E-state index contributed by atoms with van der Waals surface area (Å²) in [6.07, 6.45) is 6.92. The first-order chi connectivity index (χ1) is 14.3. The van der Waals surface area contributed by atoms with Crippen LogP contribution in [0.2, 0.25) is 0 Å². The van der Waals surface area contributed by atoms with Crippen LogP contribution in [0.25, 0.3) is 5.57 Å². The van der Waals surface area contributed by atoms with E-state index in [-0.39, 0.29) is 28.0 Å². The standard InChI is InChI=1S/C24H25NO4S/c1-16-6-9-18(10-7-16)30(27,28)29-17-8-11-19-20(15-17)23-24(13-4-3-5-21(19)24)14-12-22(26)25(23)2/h5-11,15,23H,3-4,12-14H2,1-2H3/t23-,24+/m0/s1. The van der Waals surface area contributed by atoms with Gasteiger partial charge in [0.15, 0.2) is 0 Å². The zero-order chi connectivity index (χ0) is 21.1. The van der Waals surface area contributed by atoms with Gasteiger partial charge in [0.1, 0.15) is 10.6 Å². The lowest BCUT2D eigenvalue weighted by molar-refractivity contribution is -0.139. The summed E-state index contributed by atoms with van der Waals surface area (Å²) in [7, 11) is -2.06. The van der Waals surface area contributed by atoms with Crippen LogP contribution < -0.4 is 4.18 Å². The van der Waals surface area contributed by atoms with E-state index in [9.17, 15) is 13.2 Å². The quantitative estimate of drug-likeness (QED) is 0.676. The number of aryl methyl sites for hydroxylation is 1. The lowest BCUT2D eigenvalue weighted by Gasteiger charge is -2.47. The maximum absolute atomic E-state index is 12.8. The predicted octanol–water partition coefficient (Wildman–Crippen LogP) is 4.62. The van der Waals surface area contributed by atoms with Gasteiger partial charge in [-0.1, -0.05) is 29.8 Å². The topological polar surface area (TPSA) is 63.7 Å². The van der Waals surface area contributed by atoms with E-state index in [0.717, 1.165) is 42.4 Å². The van der Waals surface area contributed by atoms with Gasteiger partial charge in [-0.25, -0.2) is 0 Å². The molecule has 6 heteroatoms. The number of benzene rings is 2. The van der Waals surface area contributed by atoms with Crippen LogP contribution in [-0.4, -0.2) is 26.3 Å². The number of carbonyl (C=O) groups excluding carboxylic acids is 1. The summed E-state index contributed by atoms with van der Waals surface area (Å²) in [6, 6.07) is 12.1. The summed E-state index contributed by atoms with van der Waals surface area (Å²) in [5, 5.41) is 0. The molecule has 2 aliphatic carbocycles. The molecule has 0 aromatic heterocycles. The van der Waals surface area contributed by atoms with E-state index in [2.05, 4.69) is 6.08 Å². The second-order valence-corrected chi connectivity index (χ2v) is 10.2. The van der Waals surface area contributed by atoms with Crippen molar-refractivity contribution in [1.82, 2.24) is 4.90 Å². The van der Waals surface area contributed by atoms with Crippen molar-refractivity contribution in [2.45, 2.75) is 50.0 Å². The van der Waals surface area contributed by atoms with Gasteiger partial charge in [-0.05, 0) is 73.6 Å². The second-order valence-electron chi connectivity index (χ2n) is 8.67. The average Bonchev–Trinajstić information content (AvgIpc) is 3.01. The van der Waals surface area contributed by atoms with Crippen molar-refractivity contribution in [3.63, 3.8) is 0 Å². The number of nitrogens with zero attached hydrogens (tertiary/aromatic N) is 1. The molecule has 30 heavy (non-hydrogen) atoms. The lowest BCUT2D eigenvalue weighted by Crippen LogP contribution is -2.45. The Morgan fingerprint density at radius 2 is 1.87 bits per heavy atom. The summed E-state index contributed by atoms with van der Waals surface area (Å²) in [5.41, 5.74) is 4.37. The molecule has 5 rings (SSSR count). The molecule has 1 amide bonds. The normalized spacial score (nSPS) is 25.3. The van der Waals surface area contributed by atoms with Crippen molar-refractivity contribution in [2.75, 3.05) is 7.05 Å². The molecule has 2 atom stereocenters. The molecule has 1 saturated heterocycles. The smallest absolute Gasteiger partial charge is 0.339 e. The number of hydrogen-bond donors (Lipinski definition) is 0. The van der Waals surface area contributed by atoms with Crippen LogP contribution in [0.4, 0.5) is 0 Å². The van der Waals surface area contributed by atoms with Gasteiger partial charge in [0.2, 0.25) is 5.91 Å². The third-order valence-electron chi connectivity index (χ3n) is 6.92. The number of hydrogen-bond acceptors (Lipinski definition) is 4. The van der Waals surface area contributed by atoms with E-state index < -0.39 is 10.1 Å². The fourth-order valence-corrected chi connectivity index (χ4v) is 6.45. The largest absolute Gasteiger partial charge is 0.379 e. The first kappa shape index (κ1) is 19.4. The van der Waals surface area contributed by atoms with E-state index in [1.807, 2.05) is 31.0 Å². The Morgan fingerprint density at radius 1 is 1.10 bits per heavy atom. The number of carbonyl (C=O) groups is 1. The van der Waals surface area contributed by atoms with Gasteiger partial charge >= 0.3 is 10.1 Å². The fraction of sp³-hybridized carbons (Fsp3) is 0.375. The highest BCUT2D eigenvalue weighted by molar-refractivity contribution is 7.87. The maximum atomic E-state index is 12.8. The maximum Gasteiger partial charge on any atom is 0.339 e. The van der Waals surface area contributed by atoms with E-state index in [4.69, 9.17) is 4.18 Å². The number of allylic oxidation sites excluding steroid dienone is 1. The van der Waals surface area contributed by atoms with Gasteiger partial charge in [-0.2, -0.15) is 8.42 Å². The van der Waals surface area contributed by atoms with E-state index in [0.29, 0.717) is 6.42 Å². The molecule has 1 heterocycles. The second kappa shape index (κ2) is 6.71. The minimum atomic E-state index is -3.92. The van der Waals surface area contributed by atoms with Gasteiger partial charge in [0.05, 0.1) is 6.04 Å². The predicted molar refractivity (Wildman–Crippen MR) is 114 cm³/mol. The summed E-state index contributed by atoms with van der Waals surface area (Å²) in [6.45, 7) is 1.91. The summed E-state index contributed by atoms with van der Waals surface area (Å²) < 4.78 is 31.0. The molecule has 0 bridgehead atoms. The zero-order valence-corrected chi connectivity index (χ0v) is 18.0. The van der Waals surface area contributed by atoms with Crippen molar-refractivity contribution < 1.29 is 17.4 Å². The van der Waals surface area contributed by atoms with E-state index in [1.54, 1.807) is 30.3 Å². The van der Waals surface area contributed by atoms with Crippen LogP contribution in [0.1, 0.15) is 54.8 Å². The van der Waals surface area contributed by atoms with Crippen LogP contribution in [0.3, 0.4) is 0 Å². The van der Waals surface area contributed by atoms with Crippen LogP contribution in [-0.2, 0) is 14.9 Å². The Kier molecular flexibility index (Phi) is 4.33. The Hall–Kier alpha value is -2.60. The number of amides is 1. The molecule has 0 N–H and O–H groups in total. The molecule has 0 unspecified atom stereocenters. The van der Waals surface area contributed by atoms with Crippen LogP contribution in [0.15, 0.2) is 53.4 Å². The van der Waals surface area contributed by atoms with Crippen molar-refractivity contribution in [3.05, 3.63) is 65.2 Å². The lowest BCUT2D eigenvalue weighted by atomic mass is 9.65. The molecule has 0 radical (unpaired) electrons. The Morgan fingerprint density at radius 3 is 2.63 bits per heavy atom. The third kappa shape index (κ3) is 2.81. The van der Waals surface area contributed by atoms with Gasteiger partial charge in [-0.15, -0.1) is 0 Å². The zero-order valence-electron chi connectivity index (χ0n) is 17.2. The van der Waals surface area contributed by atoms with Gasteiger partial charge < -0.3 is 9.08 Å². The summed E-state index contributed by atoms with van der Waals surface area (Å²) in [5.74, 6) is 0.428. The molecule has 1 spiro atoms. The molecule has 0 saturated carbocycles. The van der Waals surface area contributed by atoms with Crippen LogP contribution >= 0.6 is 0 Å². The molecule has 2 aromatic carbocycles. The van der Waals surface area contributed by atoms with E-state index >= 15 is 0 Å². The van der Waals surface area contributed by atoms with Crippen LogP contribution in [0.5, 0.6) is 5.75 Å². The Balaban J connectivity index is 1.56. The number of likely N-dealkylation sites (tertiary alicyclic amines) is 1. The van der Waals surface area contributed by atoms with Crippen molar-refractivity contribution in [2.24, 2.45) is 5.41 Å². The summed E-state index contributed by atoms with van der Waals surface area (Å²) in [4.78, 5) is 14.5. The Bertz CT molecular complexity index is 1170. The molecule has 156 valence electrons. The van der Waals surface area contributed by atoms with Crippen LogP contribution in [0, 0.1) is 12.3 Å². The molecule has 1 fully saturated rings. The average molecular weight is 424 g/mol. The number of piperidine rings is 1. The molecule has 3 aliphatic rings. The minimum Gasteiger partial charge on any atom is -0.379 e. The number of fused-ring (bicyclic) bond motifs is 3. The third-order valence-corrected chi connectivity index (χ3v) is 8.19. The molecular weight excluding hydrogens is 398 g/mol. The monoisotopic (exact) mass is 423 g/mol.